The number of nitrogens with one attached hydrogen (secondary N) is 1. The van der Waals surface area contributed by atoms with Gasteiger partial charge in [-0.3, -0.25) is 5.10 Å². The Morgan fingerprint density at radius 1 is 1.26 bits per heavy atom. The monoisotopic (exact) mass is 384 g/mol. The Morgan fingerprint density at radius 2 is 2.11 bits per heavy atom. The molecule has 4 rings (SSSR count). The number of pyridine rings is 1. The van der Waals surface area contributed by atoms with Crippen molar-refractivity contribution in [3.8, 4) is 16.9 Å². The van der Waals surface area contributed by atoms with E-state index in [0.29, 0.717) is 6.73 Å². The maximum Gasteiger partial charge on any atom is 0.142 e. The molecule has 1 saturated carbocycles. The molecule has 0 spiro atoms. The smallest absolute Gasteiger partial charge is 0.142 e. The largest absolute Gasteiger partial charge is 0.492 e. The number of hydrogen-bond donors (Lipinski definition) is 1. The lowest BCUT2D eigenvalue weighted by molar-refractivity contribution is 0.0899. The first-order valence-electron chi connectivity index (χ1n) is 9.68. The molecule has 1 N–H and O–H groups in total. The summed E-state index contributed by atoms with van der Waals surface area (Å²) < 4.78 is 14.0. The number of nitrogens with zero attached hydrogens (tertiary/aromatic N) is 3. The van der Waals surface area contributed by atoms with E-state index >= 15 is 0 Å². The Bertz CT molecular complexity index is 895. The quantitative estimate of drug-likeness (QED) is 0.435. The highest BCUT2D eigenvalue weighted by atomic mass is 28.3. The van der Waals surface area contributed by atoms with Crippen LogP contribution in [0.15, 0.2) is 30.9 Å². The van der Waals surface area contributed by atoms with Crippen molar-refractivity contribution in [2.24, 2.45) is 5.92 Å². The number of aromatic nitrogens is 4. The minimum absolute atomic E-state index is 0.508. The van der Waals surface area contributed by atoms with Gasteiger partial charge in [-0.2, -0.15) is 5.10 Å². The van der Waals surface area contributed by atoms with E-state index < -0.39 is 8.07 Å². The molecule has 0 aromatic carbocycles. The Morgan fingerprint density at radius 3 is 2.81 bits per heavy atom. The van der Waals surface area contributed by atoms with Gasteiger partial charge in [0.1, 0.15) is 18.1 Å². The van der Waals surface area contributed by atoms with Gasteiger partial charge in [-0.25, -0.2) is 4.98 Å². The summed E-state index contributed by atoms with van der Waals surface area (Å²) in [5, 5.41) is 8.06. The number of rotatable bonds is 9. The summed E-state index contributed by atoms with van der Waals surface area (Å²) in [6.45, 7) is 9.18. The zero-order valence-electron chi connectivity index (χ0n) is 16.4. The fourth-order valence-electron chi connectivity index (χ4n) is 3.00. The highest BCUT2D eigenvalue weighted by molar-refractivity contribution is 6.76. The third-order valence-corrected chi connectivity index (χ3v) is 6.61. The molecule has 1 aliphatic carbocycles. The number of ether oxygens (including phenoxy) is 2. The standard InChI is InChI=1S/C20H28N4O2Si/c1-27(2,3)7-6-25-14-24-12-19(16-9-22-23-10-16)18-8-17(11-21-20(18)24)26-13-15-4-5-15/h8-12,15H,4-7,13-14H2,1-3H3,(H,22,23). The fraction of sp³-hybridized carbons (Fsp3) is 0.500. The van der Waals surface area contributed by atoms with Gasteiger partial charge in [0, 0.05) is 43.6 Å². The van der Waals surface area contributed by atoms with Crippen LogP contribution < -0.4 is 4.74 Å². The van der Waals surface area contributed by atoms with E-state index in [1.807, 2.05) is 18.6 Å². The summed E-state index contributed by atoms with van der Waals surface area (Å²) in [6.07, 6.45) is 10.2. The molecule has 27 heavy (non-hydrogen) atoms. The van der Waals surface area contributed by atoms with Crippen molar-refractivity contribution in [2.75, 3.05) is 13.2 Å². The molecule has 1 fully saturated rings. The second kappa shape index (κ2) is 7.48. The molecule has 0 atom stereocenters. The van der Waals surface area contributed by atoms with Gasteiger partial charge in [0.25, 0.3) is 0 Å². The minimum Gasteiger partial charge on any atom is -0.492 e. The molecule has 0 amide bonds. The molecule has 7 heteroatoms. The third kappa shape index (κ3) is 4.59. The van der Waals surface area contributed by atoms with Crippen molar-refractivity contribution in [1.82, 2.24) is 19.7 Å². The summed E-state index contributed by atoms with van der Waals surface area (Å²) in [4.78, 5) is 4.67. The van der Waals surface area contributed by atoms with Crippen LogP contribution in [0.4, 0.5) is 0 Å². The van der Waals surface area contributed by atoms with E-state index in [1.165, 1.54) is 12.8 Å². The highest BCUT2D eigenvalue weighted by Gasteiger charge is 2.22. The summed E-state index contributed by atoms with van der Waals surface area (Å²) in [5.74, 6) is 1.55. The van der Waals surface area contributed by atoms with Crippen LogP contribution in [0.2, 0.25) is 25.7 Å². The average Bonchev–Trinajstić information content (AvgIpc) is 3.16. The van der Waals surface area contributed by atoms with Crippen molar-refractivity contribution in [3.05, 3.63) is 30.9 Å². The maximum atomic E-state index is 5.95. The lowest BCUT2D eigenvalue weighted by Gasteiger charge is -2.15. The molecule has 0 bridgehead atoms. The predicted octanol–water partition coefficient (Wildman–Crippen LogP) is 4.53. The lowest BCUT2D eigenvalue weighted by Crippen LogP contribution is -2.22. The third-order valence-electron chi connectivity index (χ3n) is 4.91. The first kappa shape index (κ1) is 18.2. The number of hydrogen-bond acceptors (Lipinski definition) is 4. The molecular formula is C20H28N4O2Si. The SMILES string of the molecule is C[Si](C)(C)CCOCn1cc(-c2cn[nH]c2)c2cc(OCC3CC3)cnc21. The highest BCUT2D eigenvalue weighted by Crippen LogP contribution is 2.33. The van der Waals surface area contributed by atoms with Crippen LogP contribution in [0.25, 0.3) is 22.2 Å². The van der Waals surface area contributed by atoms with Gasteiger partial charge >= 0.3 is 0 Å². The van der Waals surface area contributed by atoms with E-state index in [4.69, 9.17) is 9.47 Å². The van der Waals surface area contributed by atoms with Gasteiger partial charge in [0.05, 0.1) is 19.0 Å². The van der Waals surface area contributed by atoms with E-state index in [9.17, 15) is 0 Å². The van der Waals surface area contributed by atoms with Crippen molar-refractivity contribution in [3.63, 3.8) is 0 Å². The Balaban J connectivity index is 1.57. The molecule has 0 unspecified atom stereocenters. The van der Waals surface area contributed by atoms with Gasteiger partial charge in [-0.1, -0.05) is 19.6 Å². The van der Waals surface area contributed by atoms with Gasteiger partial charge in [0.2, 0.25) is 0 Å². The summed E-state index contributed by atoms with van der Waals surface area (Å²) in [5.41, 5.74) is 3.05. The van der Waals surface area contributed by atoms with E-state index in [-0.39, 0.29) is 0 Å². The fourth-order valence-corrected chi connectivity index (χ4v) is 3.75. The normalized spacial score (nSPS) is 14.8. The Kier molecular flexibility index (Phi) is 5.05. The Hall–Kier alpha value is -2.12. The average molecular weight is 385 g/mol. The zero-order valence-corrected chi connectivity index (χ0v) is 17.4. The van der Waals surface area contributed by atoms with Gasteiger partial charge in [0.15, 0.2) is 0 Å². The van der Waals surface area contributed by atoms with E-state index in [2.05, 4.69) is 51.7 Å². The second-order valence-electron chi connectivity index (χ2n) is 8.64. The Labute approximate surface area is 160 Å². The molecule has 1 aliphatic rings. The summed E-state index contributed by atoms with van der Waals surface area (Å²) in [6, 6.07) is 3.25. The van der Waals surface area contributed by atoms with Crippen molar-refractivity contribution in [2.45, 2.75) is 45.3 Å². The lowest BCUT2D eigenvalue weighted by atomic mass is 10.1. The van der Waals surface area contributed by atoms with Crippen LogP contribution in [0.5, 0.6) is 5.75 Å². The molecular weight excluding hydrogens is 356 g/mol. The second-order valence-corrected chi connectivity index (χ2v) is 14.3. The topological polar surface area (TPSA) is 65.0 Å². The van der Waals surface area contributed by atoms with Crippen LogP contribution in [0.1, 0.15) is 12.8 Å². The first-order valence-corrected chi connectivity index (χ1v) is 13.4. The van der Waals surface area contributed by atoms with Crippen molar-refractivity contribution < 1.29 is 9.47 Å². The maximum absolute atomic E-state index is 5.95. The van der Waals surface area contributed by atoms with E-state index in [1.54, 1.807) is 0 Å². The van der Waals surface area contributed by atoms with Gasteiger partial charge < -0.3 is 14.0 Å². The molecule has 0 radical (unpaired) electrons. The van der Waals surface area contributed by atoms with Crippen LogP contribution >= 0.6 is 0 Å². The predicted molar refractivity (Wildman–Crippen MR) is 110 cm³/mol. The van der Waals surface area contributed by atoms with Crippen molar-refractivity contribution >= 4 is 19.1 Å². The number of aromatic amines is 1. The molecule has 144 valence electrons. The van der Waals surface area contributed by atoms with Gasteiger partial charge in [-0.05, 0) is 30.9 Å². The first-order chi connectivity index (χ1) is 13.0. The summed E-state index contributed by atoms with van der Waals surface area (Å²) >= 11 is 0. The number of fused-ring (bicyclic) bond motifs is 1. The minimum atomic E-state index is -1.09. The van der Waals surface area contributed by atoms with Crippen LogP contribution in [0.3, 0.4) is 0 Å². The molecule has 6 nitrogen and oxygen atoms in total. The van der Waals surface area contributed by atoms with Crippen molar-refractivity contribution in [1.29, 1.82) is 0 Å². The van der Waals surface area contributed by atoms with Crippen LogP contribution in [-0.2, 0) is 11.5 Å². The number of H-pyrrole nitrogens is 1. The zero-order chi connectivity index (χ0) is 18.9. The molecule has 3 heterocycles. The molecule has 0 aliphatic heterocycles. The van der Waals surface area contributed by atoms with Crippen LogP contribution in [0, 0.1) is 5.92 Å². The molecule has 3 aromatic heterocycles. The van der Waals surface area contributed by atoms with E-state index in [0.717, 1.165) is 53.1 Å². The van der Waals surface area contributed by atoms with Gasteiger partial charge in [-0.15, -0.1) is 0 Å². The summed E-state index contributed by atoms with van der Waals surface area (Å²) in [7, 11) is -1.09. The molecule has 3 aromatic rings. The van der Waals surface area contributed by atoms with Crippen LogP contribution in [-0.4, -0.2) is 41.0 Å². The molecule has 0 saturated heterocycles.